The lowest BCUT2D eigenvalue weighted by atomic mass is 10.3. The Bertz CT molecular complexity index is 522. The Morgan fingerprint density at radius 2 is 2.12 bits per heavy atom. The molecule has 0 fully saturated rings. The first-order chi connectivity index (χ1) is 8.15. The summed E-state index contributed by atoms with van der Waals surface area (Å²) in [5, 5.41) is 8.48. The van der Waals surface area contributed by atoms with Crippen LogP contribution < -0.4 is 0 Å². The zero-order valence-corrected chi connectivity index (χ0v) is 9.89. The highest BCUT2D eigenvalue weighted by molar-refractivity contribution is 6.30. The van der Waals surface area contributed by atoms with Crippen LogP contribution in [0.3, 0.4) is 0 Å². The molecule has 0 spiro atoms. The van der Waals surface area contributed by atoms with Crippen LogP contribution in [0.15, 0.2) is 30.5 Å². The number of hydrogen-bond donors (Lipinski definition) is 0. The molecule has 6 heteroatoms. The van der Waals surface area contributed by atoms with E-state index < -0.39 is 0 Å². The predicted octanol–water partition coefficient (Wildman–Crippen LogP) is 1.98. The van der Waals surface area contributed by atoms with Crippen molar-refractivity contribution in [2.45, 2.75) is 13.5 Å². The van der Waals surface area contributed by atoms with Crippen LogP contribution in [0.2, 0.25) is 5.02 Å². The maximum Gasteiger partial charge on any atom is 0.303 e. The SMILES string of the molecule is CC(=O)OCc1cn(-c2ccc(Cl)cc2)nn1. The molecule has 2 rings (SSSR count). The summed E-state index contributed by atoms with van der Waals surface area (Å²) in [5.74, 6) is -0.342. The van der Waals surface area contributed by atoms with Crippen LogP contribution in [0.1, 0.15) is 12.6 Å². The minimum atomic E-state index is -0.342. The molecule has 0 amide bonds. The minimum Gasteiger partial charge on any atom is -0.459 e. The molecular formula is C11H10ClN3O2. The number of halogens is 1. The molecule has 0 aliphatic rings. The lowest BCUT2D eigenvalue weighted by Crippen LogP contribution is -1.98. The van der Waals surface area contributed by atoms with Crippen molar-refractivity contribution in [2.24, 2.45) is 0 Å². The summed E-state index contributed by atoms with van der Waals surface area (Å²) in [6, 6.07) is 7.19. The van der Waals surface area contributed by atoms with Crippen LogP contribution in [0.25, 0.3) is 5.69 Å². The monoisotopic (exact) mass is 251 g/mol. The van der Waals surface area contributed by atoms with E-state index in [1.54, 1.807) is 23.0 Å². The molecule has 0 bridgehead atoms. The largest absolute Gasteiger partial charge is 0.459 e. The molecule has 5 nitrogen and oxygen atoms in total. The summed E-state index contributed by atoms with van der Waals surface area (Å²) in [7, 11) is 0. The van der Waals surface area contributed by atoms with E-state index in [0.717, 1.165) is 5.69 Å². The average molecular weight is 252 g/mol. The van der Waals surface area contributed by atoms with Gasteiger partial charge in [0.15, 0.2) is 0 Å². The van der Waals surface area contributed by atoms with Crippen molar-refractivity contribution in [3.05, 3.63) is 41.2 Å². The standard InChI is InChI=1S/C11H10ClN3O2/c1-8(16)17-7-10-6-15(14-13-10)11-4-2-9(12)3-5-11/h2-6H,7H2,1H3. The first kappa shape index (κ1) is 11.6. The first-order valence-electron chi connectivity index (χ1n) is 4.95. The van der Waals surface area contributed by atoms with Gasteiger partial charge in [0.1, 0.15) is 12.3 Å². The Hall–Kier alpha value is -1.88. The molecule has 0 atom stereocenters. The van der Waals surface area contributed by atoms with Crippen molar-refractivity contribution >= 4 is 17.6 Å². The van der Waals surface area contributed by atoms with E-state index in [4.69, 9.17) is 16.3 Å². The van der Waals surface area contributed by atoms with Gasteiger partial charge in [-0.2, -0.15) is 0 Å². The fourth-order valence-corrected chi connectivity index (χ4v) is 1.39. The molecule has 1 aromatic carbocycles. The van der Waals surface area contributed by atoms with Gasteiger partial charge in [0.2, 0.25) is 0 Å². The van der Waals surface area contributed by atoms with E-state index in [1.807, 2.05) is 12.1 Å². The lowest BCUT2D eigenvalue weighted by molar-refractivity contribution is -0.142. The Morgan fingerprint density at radius 3 is 2.76 bits per heavy atom. The number of carbonyl (C=O) groups excluding carboxylic acids is 1. The summed E-state index contributed by atoms with van der Waals surface area (Å²) in [6.45, 7) is 1.48. The predicted molar refractivity (Wildman–Crippen MR) is 61.8 cm³/mol. The molecule has 88 valence electrons. The summed E-state index contributed by atoms with van der Waals surface area (Å²) < 4.78 is 6.41. The van der Waals surface area contributed by atoms with E-state index in [2.05, 4.69) is 10.3 Å². The fourth-order valence-electron chi connectivity index (χ4n) is 1.26. The Morgan fingerprint density at radius 1 is 1.41 bits per heavy atom. The summed E-state index contributed by atoms with van der Waals surface area (Å²) in [4.78, 5) is 10.6. The molecule has 1 heterocycles. The smallest absolute Gasteiger partial charge is 0.303 e. The highest BCUT2D eigenvalue weighted by Crippen LogP contribution is 2.12. The third kappa shape index (κ3) is 3.04. The van der Waals surface area contributed by atoms with E-state index in [-0.39, 0.29) is 12.6 Å². The van der Waals surface area contributed by atoms with E-state index in [1.165, 1.54) is 6.92 Å². The van der Waals surface area contributed by atoms with E-state index in [0.29, 0.717) is 10.7 Å². The number of rotatable bonds is 3. The molecule has 2 aromatic rings. The minimum absolute atomic E-state index is 0.128. The number of carbonyl (C=O) groups is 1. The molecule has 0 aliphatic carbocycles. The summed E-state index contributed by atoms with van der Waals surface area (Å²) in [5.41, 5.74) is 1.44. The fraction of sp³-hybridized carbons (Fsp3) is 0.182. The van der Waals surface area contributed by atoms with Crippen molar-refractivity contribution < 1.29 is 9.53 Å². The van der Waals surface area contributed by atoms with Gasteiger partial charge >= 0.3 is 5.97 Å². The van der Waals surface area contributed by atoms with Gasteiger partial charge in [-0.05, 0) is 24.3 Å². The molecule has 0 radical (unpaired) electrons. The Kier molecular flexibility index (Phi) is 3.39. The topological polar surface area (TPSA) is 57.0 Å². The zero-order valence-electron chi connectivity index (χ0n) is 9.13. The second-order valence-electron chi connectivity index (χ2n) is 3.41. The number of benzene rings is 1. The highest BCUT2D eigenvalue weighted by atomic mass is 35.5. The number of hydrogen-bond acceptors (Lipinski definition) is 4. The van der Waals surface area contributed by atoms with Crippen LogP contribution in [0.4, 0.5) is 0 Å². The third-order valence-electron chi connectivity index (χ3n) is 2.06. The molecule has 1 aromatic heterocycles. The second-order valence-corrected chi connectivity index (χ2v) is 3.85. The number of ether oxygens (including phenoxy) is 1. The third-order valence-corrected chi connectivity index (χ3v) is 2.31. The van der Waals surface area contributed by atoms with Crippen molar-refractivity contribution in [3.63, 3.8) is 0 Å². The van der Waals surface area contributed by atoms with Gasteiger partial charge in [0.25, 0.3) is 0 Å². The molecule has 17 heavy (non-hydrogen) atoms. The van der Waals surface area contributed by atoms with Gasteiger partial charge in [-0.15, -0.1) is 5.10 Å². The van der Waals surface area contributed by atoms with Crippen molar-refractivity contribution in [3.8, 4) is 5.69 Å². The molecule has 0 saturated heterocycles. The van der Waals surface area contributed by atoms with Gasteiger partial charge in [0, 0.05) is 11.9 Å². The van der Waals surface area contributed by atoms with Crippen LogP contribution in [0, 0.1) is 0 Å². The number of nitrogens with zero attached hydrogens (tertiary/aromatic N) is 3. The van der Waals surface area contributed by atoms with Gasteiger partial charge < -0.3 is 4.74 Å². The van der Waals surface area contributed by atoms with Gasteiger partial charge in [0.05, 0.1) is 11.9 Å². The zero-order chi connectivity index (χ0) is 12.3. The summed E-state index contributed by atoms with van der Waals surface area (Å²) in [6.07, 6.45) is 1.70. The molecular weight excluding hydrogens is 242 g/mol. The van der Waals surface area contributed by atoms with Crippen LogP contribution in [-0.2, 0) is 16.1 Å². The highest BCUT2D eigenvalue weighted by Gasteiger charge is 2.04. The Labute approximate surface area is 103 Å². The maximum absolute atomic E-state index is 10.6. The van der Waals surface area contributed by atoms with Crippen LogP contribution in [0.5, 0.6) is 0 Å². The summed E-state index contributed by atoms with van der Waals surface area (Å²) >= 11 is 5.79. The number of aromatic nitrogens is 3. The quantitative estimate of drug-likeness (QED) is 0.783. The second kappa shape index (κ2) is 4.97. The van der Waals surface area contributed by atoms with Crippen molar-refractivity contribution in [2.75, 3.05) is 0 Å². The van der Waals surface area contributed by atoms with Crippen LogP contribution in [-0.4, -0.2) is 21.0 Å². The molecule has 0 saturated carbocycles. The molecule has 0 N–H and O–H groups in total. The normalized spacial score (nSPS) is 10.2. The number of esters is 1. The van der Waals surface area contributed by atoms with Gasteiger partial charge in [-0.3, -0.25) is 4.79 Å². The van der Waals surface area contributed by atoms with Gasteiger partial charge in [-0.25, -0.2) is 4.68 Å². The van der Waals surface area contributed by atoms with E-state index >= 15 is 0 Å². The molecule has 0 aliphatic heterocycles. The van der Waals surface area contributed by atoms with Gasteiger partial charge in [-0.1, -0.05) is 16.8 Å². The lowest BCUT2D eigenvalue weighted by Gasteiger charge is -1.99. The van der Waals surface area contributed by atoms with Crippen molar-refractivity contribution in [1.29, 1.82) is 0 Å². The molecule has 0 unspecified atom stereocenters. The maximum atomic E-state index is 10.6. The van der Waals surface area contributed by atoms with Crippen LogP contribution >= 0.6 is 11.6 Å². The van der Waals surface area contributed by atoms with Crippen molar-refractivity contribution in [1.82, 2.24) is 15.0 Å². The Balaban J connectivity index is 2.12. The average Bonchev–Trinajstić information content (AvgIpc) is 2.76. The first-order valence-corrected chi connectivity index (χ1v) is 5.33. The van der Waals surface area contributed by atoms with E-state index in [9.17, 15) is 4.79 Å².